The second-order valence-corrected chi connectivity index (χ2v) is 11.3. The van der Waals surface area contributed by atoms with Gasteiger partial charge in [-0.3, -0.25) is 9.10 Å². The van der Waals surface area contributed by atoms with Gasteiger partial charge in [0.25, 0.3) is 15.9 Å². The van der Waals surface area contributed by atoms with E-state index in [1.54, 1.807) is 42.5 Å². The van der Waals surface area contributed by atoms with Crippen molar-refractivity contribution in [3.05, 3.63) is 89.0 Å². The van der Waals surface area contributed by atoms with E-state index < -0.39 is 16.1 Å². The third-order valence-electron chi connectivity index (χ3n) is 6.84. The summed E-state index contributed by atoms with van der Waals surface area (Å²) in [7, 11) is -3.87. The van der Waals surface area contributed by atoms with Crippen molar-refractivity contribution < 1.29 is 17.9 Å². The minimum absolute atomic E-state index is 0.101. The van der Waals surface area contributed by atoms with Gasteiger partial charge in [-0.25, -0.2) is 8.42 Å². The Morgan fingerprint density at radius 2 is 1.74 bits per heavy atom. The van der Waals surface area contributed by atoms with E-state index in [0.717, 1.165) is 24.0 Å². The van der Waals surface area contributed by atoms with Crippen LogP contribution >= 0.6 is 0 Å². The van der Waals surface area contributed by atoms with Crippen molar-refractivity contribution in [1.29, 1.82) is 0 Å². The van der Waals surface area contributed by atoms with Crippen LogP contribution in [0.1, 0.15) is 48.1 Å². The third kappa shape index (κ3) is 4.65. The molecule has 0 radical (unpaired) electrons. The van der Waals surface area contributed by atoms with Gasteiger partial charge in [-0.05, 0) is 86.1 Å². The summed E-state index contributed by atoms with van der Waals surface area (Å²) in [4.78, 5) is 13.5. The normalized spacial score (nSPS) is 18.1. The van der Waals surface area contributed by atoms with Crippen molar-refractivity contribution in [2.24, 2.45) is 0 Å². The third-order valence-corrected chi connectivity index (χ3v) is 8.63. The van der Waals surface area contributed by atoms with Crippen LogP contribution in [0.5, 0.6) is 5.75 Å². The molecular formula is C28H30N2O4S. The molecule has 2 aliphatic rings. The Morgan fingerprint density at radius 1 is 1.00 bits per heavy atom. The quantitative estimate of drug-likeness (QED) is 0.562. The van der Waals surface area contributed by atoms with Gasteiger partial charge < -0.3 is 10.1 Å². The van der Waals surface area contributed by atoms with Gasteiger partial charge in [0, 0.05) is 0 Å². The van der Waals surface area contributed by atoms with Crippen LogP contribution in [0, 0.1) is 6.92 Å². The van der Waals surface area contributed by atoms with Gasteiger partial charge >= 0.3 is 0 Å². The topological polar surface area (TPSA) is 75.7 Å². The highest BCUT2D eigenvalue weighted by molar-refractivity contribution is 7.92. The zero-order valence-electron chi connectivity index (χ0n) is 20.0. The van der Waals surface area contributed by atoms with Crippen LogP contribution in [-0.4, -0.2) is 27.0 Å². The molecule has 0 bridgehead atoms. The number of ether oxygens (including phenoxy) is 1. The SMILES string of the molecule is Cc1ccc2c(c1)OC(C(=O)NC(C)c1ccc3c(c1)CCCC3)CN2S(=O)(=O)c1ccccc1. The highest BCUT2D eigenvalue weighted by Crippen LogP contribution is 2.38. The van der Waals surface area contributed by atoms with Crippen LogP contribution < -0.4 is 14.4 Å². The van der Waals surface area contributed by atoms with Crippen LogP contribution in [0.25, 0.3) is 0 Å². The van der Waals surface area contributed by atoms with E-state index in [1.165, 1.54) is 28.3 Å². The highest BCUT2D eigenvalue weighted by Gasteiger charge is 2.38. The number of benzene rings is 3. The molecule has 0 spiro atoms. The average molecular weight is 491 g/mol. The predicted octanol–water partition coefficient (Wildman–Crippen LogP) is 4.71. The molecule has 0 aromatic heterocycles. The van der Waals surface area contributed by atoms with Crippen LogP contribution in [-0.2, 0) is 27.7 Å². The molecule has 0 fully saturated rings. The Hall–Kier alpha value is -3.32. The van der Waals surface area contributed by atoms with Crippen molar-refractivity contribution >= 4 is 21.6 Å². The van der Waals surface area contributed by atoms with E-state index in [4.69, 9.17) is 4.74 Å². The number of nitrogens with zero attached hydrogens (tertiary/aromatic N) is 1. The smallest absolute Gasteiger partial charge is 0.264 e. The lowest BCUT2D eigenvalue weighted by Gasteiger charge is -2.35. The molecule has 2 atom stereocenters. The summed E-state index contributed by atoms with van der Waals surface area (Å²) in [5, 5.41) is 3.04. The molecule has 1 N–H and O–H groups in total. The molecule has 5 rings (SSSR count). The Balaban J connectivity index is 1.40. The molecule has 3 aromatic rings. The van der Waals surface area contributed by atoms with Crippen LogP contribution in [0.15, 0.2) is 71.6 Å². The molecule has 6 nitrogen and oxygen atoms in total. The van der Waals surface area contributed by atoms with Crippen LogP contribution in [0.2, 0.25) is 0 Å². The number of carbonyl (C=O) groups excluding carboxylic acids is 1. The monoisotopic (exact) mass is 490 g/mol. The van der Waals surface area contributed by atoms with Crippen molar-refractivity contribution in [2.45, 2.75) is 56.6 Å². The van der Waals surface area contributed by atoms with Crippen LogP contribution in [0.4, 0.5) is 5.69 Å². The summed E-state index contributed by atoms with van der Waals surface area (Å²) >= 11 is 0. The minimum Gasteiger partial charge on any atom is -0.476 e. The summed E-state index contributed by atoms with van der Waals surface area (Å²) in [6, 6.07) is 19.8. The number of carbonyl (C=O) groups is 1. The van der Waals surface area contributed by atoms with Gasteiger partial charge in [-0.15, -0.1) is 0 Å². The number of nitrogens with one attached hydrogen (secondary N) is 1. The Bertz CT molecular complexity index is 1350. The van der Waals surface area contributed by atoms with Gasteiger partial charge in [-0.2, -0.15) is 0 Å². The Labute approximate surface area is 207 Å². The maximum absolute atomic E-state index is 13.5. The predicted molar refractivity (Wildman–Crippen MR) is 136 cm³/mol. The van der Waals surface area contributed by atoms with Crippen molar-refractivity contribution in [2.75, 3.05) is 10.8 Å². The molecule has 1 heterocycles. The summed E-state index contributed by atoms with van der Waals surface area (Å²) in [6.07, 6.45) is 3.62. The number of rotatable bonds is 5. The molecule has 182 valence electrons. The fourth-order valence-electron chi connectivity index (χ4n) is 4.86. The van der Waals surface area contributed by atoms with E-state index in [2.05, 4.69) is 23.5 Å². The molecule has 0 saturated carbocycles. The summed E-state index contributed by atoms with van der Waals surface area (Å²) in [5.41, 5.74) is 5.14. The summed E-state index contributed by atoms with van der Waals surface area (Å²) in [6.45, 7) is 3.75. The number of sulfonamides is 1. The zero-order chi connectivity index (χ0) is 24.6. The Morgan fingerprint density at radius 3 is 2.51 bits per heavy atom. The van der Waals surface area contributed by atoms with Crippen molar-refractivity contribution in [3.8, 4) is 5.75 Å². The molecule has 1 aliphatic heterocycles. The highest BCUT2D eigenvalue weighted by atomic mass is 32.2. The lowest BCUT2D eigenvalue weighted by Crippen LogP contribution is -2.51. The standard InChI is InChI=1S/C28H30N2O4S/c1-19-12-15-25-26(16-19)34-27(18-30(25)35(32,33)24-10-4-3-5-11-24)28(31)29-20(2)22-14-13-21-8-6-7-9-23(21)17-22/h3-5,10-17,20,27H,6-9,18H2,1-2H3,(H,29,31). The van der Waals surface area contributed by atoms with Crippen molar-refractivity contribution in [3.63, 3.8) is 0 Å². The lowest BCUT2D eigenvalue weighted by molar-refractivity contribution is -0.128. The Kier molecular flexibility index (Phi) is 6.28. The van der Waals surface area contributed by atoms with Gasteiger partial charge in [0.05, 0.1) is 23.2 Å². The van der Waals surface area contributed by atoms with E-state index >= 15 is 0 Å². The second-order valence-electron chi connectivity index (χ2n) is 9.39. The van der Waals surface area contributed by atoms with E-state index in [0.29, 0.717) is 11.4 Å². The number of aryl methyl sites for hydroxylation is 3. The zero-order valence-corrected chi connectivity index (χ0v) is 20.8. The first-order valence-electron chi connectivity index (χ1n) is 12.1. The van der Waals surface area contributed by atoms with Gasteiger partial charge in [0.1, 0.15) is 5.75 Å². The molecule has 0 saturated heterocycles. The molecular weight excluding hydrogens is 460 g/mol. The molecule has 1 amide bonds. The van der Waals surface area contributed by atoms with Gasteiger partial charge in [-0.1, -0.05) is 42.5 Å². The minimum atomic E-state index is -3.87. The van der Waals surface area contributed by atoms with E-state index in [9.17, 15) is 13.2 Å². The first-order valence-corrected chi connectivity index (χ1v) is 13.5. The largest absolute Gasteiger partial charge is 0.476 e. The number of anilines is 1. The number of hydrogen-bond acceptors (Lipinski definition) is 4. The maximum Gasteiger partial charge on any atom is 0.264 e. The van der Waals surface area contributed by atoms with Gasteiger partial charge in [0.2, 0.25) is 0 Å². The van der Waals surface area contributed by atoms with Crippen LogP contribution in [0.3, 0.4) is 0 Å². The first kappa shape index (κ1) is 23.4. The molecule has 35 heavy (non-hydrogen) atoms. The van der Waals surface area contributed by atoms with E-state index in [1.807, 2.05) is 19.9 Å². The number of fused-ring (bicyclic) bond motifs is 2. The molecule has 3 aromatic carbocycles. The molecule has 7 heteroatoms. The lowest BCUT2D eigenvalue weighted by atomic mass is 9.89. The van der Waals surface area contributed by atoms with Gasteiger partial charge in [0.15, 0.2) is 6.10 Å². The first-order chi connectivity index (χ1) is 16.8. The summed E-state index contributed by atoms with van der Waals surface area (Å²) < 4.78 is 34.4. The molecule has 1 aliphatic carbocycles. The fraction of sp³-hybridized carbons (Fsp3) is 0.321. The number of hydrogen-bond donors (Lipinski definition) is 1. The van der Waals surface area contributed by atoms with Crippen molar-refractivity contribution in [1.82, 2.24) is 5.32 Å². The maximum atomic E-state index is 13.5. The average Bonchev–Trinajstić information content (AvgIpc) is 2.87. The van der Waals surface area contributed by atoms with E-state index in [-0.39, 0.29) is 23.4 Å². The summed E-state index contributed by atoms with van der Waals surface area (Å²) in [5.74, 6) is 0.0491. The fourth-order valence-corrected chi connectivity index (χ4v) is 6.35. The number of amides is 1. The second kappa shape index (κ2) is 9.38. The molecule has 2 unspecified atom stereocenters.